The number of nitrogens with zero attached hydrogens (tertiary/aromatic N) is 1. The highest BCUT2D eigenvalue weighted by Gasteiger charge is 2.23. The third kappa shape index (κ3) is 4.28. The molecule has 7 heteroatoms. The van der Waals surface area contributed by atoms with Crippen LogP contribution in [0.2, 0.25) is 0 Å². The minimum Gasteiger partial charge on any atom is -0.495 e. The standard InChI is InChI=1S/C15H20N2O5/c1-21-13-5-3-2-4-12(13)16-14(18)22-10-11-6-8-17(9-7-11)15(19)20/h2-5,11H,6-10H2,1H3,(H,16,18)(H,19,20). The third-order valence-corrected chi connectivity index (χ3v) is 3.68. The van der Waals surface area contributed by atoms with Gasteiger partial charge in [0.15, 0.2) is 0 Å². The summed E-state index contributed by atoms with van der Waals surface area (Å²) in [5.74, 6) is 0.758. The summed E-state index contributed by atoms with van der Waals surface area (Å²) < 4.78 is 10.4. The van der Waals surface area contributed by atoms with E-state index >= 15 is 0 Å². The van der Waals surface area contributed by atoms with E-state index in [1.807, 2.05) is 6.07 Å². The van der Waals surface area contributed by atoms with E-state index in [2.05, 4.69) is 5.32 Å². The van der Waals surface area contributed by atoms with Gasteiger partial charge < -0.3 is 19.5 Å². The first-order valence-electron chi connectivity index (χ1n) is 7.15. The summed E-state index contributed by atoms with van der Waals surface area (Å²) in [7, 11) is 1.53. The van der Waals surface area contributed by atoms with Gasteiger partial charge in [-0.25, -0.2) is 9.59 Å². The van der Waals surface area contributed by atoms with E-state index in [0.717, 1.165) is 0 Å². The van der Waals surface area contributed by atoms with Crippen molar-refractivity contribution >= 4 is 17.9 Å². The second kappa shape index (κ2) is 7.53. The number of piperidine rings is 1. The number of likely N-dealkylation sites (tertiary alicyclic amines) is 1. The Kier molecular flexibility index (Phi) is 5.46. The topological polar surface area (TPSA) is 88.1 Å². The molecule has 1 aromatic carbocycles. The van der Waals surface area contributed by atoms with Gasteiger partial charge in [0.25, 0.3) is 0 Å². The van der Waals surface area contributed by atoms with Gasteiger partial charge in [0.1, 0.15) is 5.75 Å². The number of anilines is 1. The fraction of sp³-hybridized carbons (Fsp3) is 0.467. The molecule has 2 rings (SSSR count). The van der Waals surface area contributed by atoms with E-state index in [-0.39, 0.29) is 12.5 Å². The van der Waals surface area contributed by atoms with E-state index in [0.29, 0.717) is 37.4 Å². The molecule has 0 radical (unpaired) electrons. The Morgan fingerprint density at radius 1 is 1.32 bits per heavy atom. The number of amides is 2. The molecule has 1 aliphatic heterocycles. The van der Waals surface area contributed by atoms with Crippen molar-refractivity contribution in [1.82, 2.24) is 4.90 Å². The van der Waals surface area contributed by atoms with Crippen molar-refractivity contribution in [1.29, 1.82) is 0 Å². The maximum Gasteiger partial charge on any atom is 0.411 e. The van der Waals surface area contributed by atoms with E-state index < -0.39 is 12.2 Å². The van der Waals surface area contributed by atoms with Crippen LogP contribution in [-0.4, -0.2) is 49.0 Å². The van der Waals surface area contributed by atoms with Gasteiger partial charge in [-0.15, -0.1) is 0 Å². The predicted octanol–water partition coefficient (Wildman–Crippen LogP) is 2.63. The van der Waals surface area contributed by atoms with Crippen LogP contribution >= 0.6 is 0 Å². The highest BCUT2D eigenvalue weighted by molar-refractivity contribution is 5.86. The highest BCUT2D eigenvalue weighted by atomic mass is 16.5. The molecule has 1 fully saturated rings. The van der Waals surface area contributed by atoms with Crippen molar-refractivity contribution in [2.75, 3.05) is 32.1 Å². The van der Waals surface area contributed by atoms with Gasteiger partial charge in [0.2, 0.25) is 0 Å². The maximum atomic E-state index is 11.8. The Labute approximate surface area is 128 Å². The van der Waals surface area contributed by atoms with Crippen molar-refractivity contribution in [3.8, 4) is 5.75 Å². The quantitative estimate of drug-likeness (QED) is 0.892. The Bertz CT molecular complexity index is 526. The van der Waals surface area contributed by atoms with Crippen LogP contribution in [0.3, 0.4) is 0 Å². The first kappa shape index (κ1) is 15.9. The minimum absolute atomic E-state index is 0.194. The van der Waals surface area contributed by atoms with Gasteiger partial charge in [-0.2, -0.15) is 0 Å². The molecule has 1 aromatic rings. The number of carbonyl (C=O) groups excluding carboxylic acids is 1. The zero-order valence-corrected chi connectivity index (χ0v) is 12.4. The minimum atomic E-state index is -0.895. The zero-order valence-electron chi connectivity index (χ0n) is 12.4. The first-order chi connectivity index (χ1) is 10.6. The summed E-state index contributed by atoms with van der Waals surface area (Å²) in [6.07, 6.45) is -0.0268. The molecular formula is C15H20N2O5. The molecule has 1 aliphatic rings. The van der Waals surface area contributed by atoms with Crippen LogP contribution in [0.5, 0.6) is 5.75 Å². The van der Waals surface area contributed by atoms with Crippen molar-refractivity contribution in [2.24, 2.45) is 5.92 Å². The molecule has 0 saturated carbocycles. The van der Waals surface area contributed by atoms with Crippen LogP contribution in [0.1, 0.15) is 12.8 Å². The molecule has 0 aliphatic carbocycles. The lowest BCUT2D eigenvalue weighted by Gasteiger charge is -2.29. The van der Waals surface area contributed by atoms with Crippen molar-refractivity contribution in [3.05, 3.63) is 24.3 Å². The van der Waals surface area contributed by atoms with E-state index in [9.17, 15) is 9.59 Å². The van der Waals surface area contributed by atoms with Gasteiger partial charge in [-0.05, 0) is 30.9 Å². The Morgan fingerprint density at radius 3 is 2.64 bits per heavy atom. The molecule has 1 heterocycles. The molecule has 7 nitrogen and oxygen atoms in total. The van der Waals surface area contributed by atoms with E-state index in [1.54, 1.807) is 18.2 Å². The number of hydrogen-bond acceptors (Lipinski definition) is 4. The molecule has 0 atom stereocenters. The largest absolute Gasteiger partial charge is 0.495 e. The summed E-state index contributed by atoms with van der Waals surface area (Å²) in [6, 6.07) is 7.08. The molecule has 0 aromatic heterocycles. The molecule has 2 amide bonds. The number of rotatable bonds is 4. The van der Waals surface area contributed by atoms with Crippen molar-refractivity contribution in [3.63, 3.8) is 0 Å². The SMILES string of the molecule is COc1ccccc1NC(=O)OCC1CCN(C(=O)O)CC1. The summed E-state index contributed by atoms with van der Waals surface area (Å²) in [5, 5.41) is 11.5. The van der Waals surface area contributed by atoms with Crippen molar-refractivity contribution < 1.29 is 24.2 Å². The second-order valence-corrected chi connectivity index (χ2v) is 5.14. The van der Waals surface area contributed by atoms with Crippen LogP contribution in [0.15, 0.2) is 24.3 Å². The monoisotopic (exact) mass is 308 g/mol. The number of hydrogen-bond donors (Lipinski definition) is 2. The van der Waals surface area contributed by atoms with Crippen LogP contribution in [0.4, 0.5) is 15.3 Å². The Hall–Kier alpha value is -2.44. The summed E-state index contributed by atoms with van der Waals surface area (Å²) in [4.78, 5) is 24.0. The van der Waals surface area contributed by atoms with E-state index in [1.165, 1.54) is 12.0 Å². The summed E-state index contributed by atoms with van der Waals surface area (Å²) in [6.45, 7) is 1.25. The lowest BCUT2D eigenvalue weighted by atomic mass is 9.98. The molecule has 0 unspecified atom stereocenters. The smallest absolute Gasteiger partial charge is 0.411 e. The normalized spacial score (nSPS) is 15.2. The number of nitrogens with one attached hydrogen (secondary N) is 1. The van der Waals surface area contributed by atoms with Gasteiger partial charge in [-0.3, -0.25) is 5.32 Å². The molecule has 2 N–H and O–H groups in total. The van der Waals surface area contributed by atoms with E-state index in [4.69, 9.17) is 14.6 Å². The Balaban J connectivity index is 1.75. The third-order valence-electron chi connectivity index (χ3n) is 3.68. The molecule has 22 heavy (non-hydrogen) atoms. The van der Waals surface area contributed by atoms with Crippen LogP contribution in [-0.2, 0) is 4.74 Å². The van der Waals surface area contributed by atoms with Gasteiger partial charge in [-0.1, -0.05) is 12.1 Å². The number of para-hydroxylation sites is 2. The van der Waals surface area contributed by atoms with Gasteiger partial charge in [0, 0.05) is 13.1 Å². The predicted molar refractivity (Wildman–Crippen MR) is 80.3 cm³/mol. The molecular weight excluding hydrogens is 288 g/mol. The number of carboxylic acid groups (broad SMARTS) is 1. The fourth-order valence-electron chi connectivity index (χ4n) is 2.38. The maximum absolute atomic E-state index is 11.8. The second-order valence-electron chi connectivity index (χ2n) is 5.14. The number of benzene rings is 1. The number of methoxy groups -OCH3 is 1. The highest BCUT2D eigenvalue weighted by Crippen LogP contribution is 2.23. The average molecular weight is 308 g/mol. The van der Waals surface area contributed by atoms with Gasteiger partial charge in [0.05, 0.1) is 19.4 Å². The van der Waals surface area contributed by atoms with Crippen LogP contribution < -0.4 is 10.1 Å². The zero-order chi connectivity index (χ0) is 15.9. The molecule has 0 spiro atoms. The van der Waals surface area contributed by atoms with Crippen LogP contribution in [0, 0.1) is 5.92 Å². The first-order valence-corrected chi connectivity index (χ1v) is 7.15. The van der Waals surface area contributed by atoms with Crippen molar-refractivity contribution in [2.45, 2.75) is 12.8 Å². The lowest BCUT2D eigenvalue weighted by Crippen LogP contribution is -2.38. The average Bonchev–Trinajstić information content (AvgIpc) is 2.54. The number of ether oxygens (including phenoxy) is 2. The lowest BCUT2D eigenvalue weighted by molar-refractivity contribution is 0.0948. The van der Waals surface area contributed by atoms with Gasteiger partial charge >= 0.3 is 12.2 Å². The fourth-order valence-corrected chi connectivity index (χ4v) is 2.38. The Morgan fingerprint density at radius 2 is 2.00 bits per heavy atom. The summed E-state index contributed by atoms with van der Waals surface area (Å²) >= 11 is 0. The molecule has 120 valence electrons. The molecule has 0 bridgehead atoms. The number of carbonyl (C=O) groups is 2. The summed E-state index contributed by atoms with van der Waals surface area (Å²) in [5.41, 5.74) is 0.552. The molecule has 1 saturated heterocycles. The van der Waals surface area contributed by atoms with Crippen LogP contribution in [0.25, 0.3) is 0 Å².